The molecule has 0 radical (unpaired) electrons. The lowest BCUT2D eigenvalue weighted by Crippen LogP contribution is -2.18. The lowest BCUT2D eigenvalue weighted by atomic mass is 9.96. The Hall–Kier alpha value is 0.350. The van der Waals surface area contributed by atoms with Crippen LogP contribution in [0.4, 0.5) is 0 Å². The molecule has 1 spiro atoms. The summed E-state index contributed by atoms with van der Waals surface area (Å²) in [6.45, 7) is 2.46. The van der Waals surface area contributed by atoms with Crippen molar-refractivity contribution in [3.63, 3.8) is 0 Å². The number of hydrogen-bond donors (Lipinski definition) is 0. The van der Waals surface area contributed by atoms with Crippen molar-refractivity contribution in [1.82, 2.24) is 0 Å². The van der Waals surface area contributed by atoms with Crippen molar-refractivity contribution in [2.45, 2.75) is 12.2 Å². The Kier molecular flexibility index (Phi) is 0.463. The van der Waals surface area contributed by atoms with Crippen LogP contribution in [0.25, 0.3) is 0 Å². The third-order valence-corrected chi connectivity index (χ3v) is 7.98. The highest BCUT2D eigenvalue weighted by atomic mass is 32.3. The fourth-order valence-electron chi connectivity index (χ4n) is 2.78. The Morgan fingerprint density at radius 1 is 1.25 bits per heavy atom. The molecule has 0 saturated carbocycles. The van der Waals surface area contributed by atoms with Crippen LogP contribution >= 0.6 is 10.0 Å². The zero-order valence-electron chi connectivity index (χ0n) is 5.26. The lowest BCUT2D eigenvalue weighted by molar-refractivity contribution is 0.467. The Morgan fingerprint density at radius 3 is 2.38 bits per heavy atom. The van der Waals surface area contributed by atoms with Crippen molar-refractivity contribution < 1.29 is 0 Å². The molecule has 8 heavy (non-hydrogen) atoms. The van der Waals surface area contributed by atoms with Gasteiger partial charge in [0, 0.05) is 5.25 Å². The fourth-order valence-corrected chi connectivity index (χ4v) is 8.45. The molecule has 4 aliphatic heterocycles. The molecular weight excluding hydrogens is 116 g/mol. The zero-order chi connectivity index (χ0) is 5.35. The minimum absolute atomic E-state index is 0.215. The summed E-state index contributed by atoms with van der Waals surface area (Å²) < 4.78 is 0. The largest absolute Gasteiger partial charge is 0.235 e. The van der Waals surface area contributed by atoms with E-state index in [-0.39, 0.29) is 10.0 Å². The van der Waals surface area contributed by atoms with E-state index in [0.717, 1.165) is 5.92 Å². The summed E-state index contributed by atoms with van der Waals surface area (Å²) in [5.41, 5.74) is 0. The average molecular weight is 128 g/mol. The molecule has 0 aromatic heterocycles. The minimum atomic E-state index is 0.215. The van der Waals surface area contributed by atoms with E-state index in [4.69, 9.17) is 0 Å². The van der Waals surface area contributed by atoms with Gasteiger partial charge in [0.05, 0.1) is 0 Å². The smallest absolute Gasteiger partial charge is 0.000378 e. The molecule has 4 atom stereocenters. The first-order valence-electron chi connectivity index (χ1n) is 3.57. The second-order valence-electron chi connectivity index (χ2n) is 3.79. The van der Waals surface area contributed by atoms with Gasteiger partial charge in [-0.1, -0.05) is 6.92 Å². The summed E-state index contributed by atoms with van der Waals surface area (Å²) >= 11 is 0. The van der Waals surface area contributed by atoms with E-state index >= 15 is 0 Å². The maximum Gasteiger partial charge on any atom is 0.000378 e. The molecule has 46 valence electrons. The third kappa shape index (κ3) is 0.243. The first-order valence-corrected chi connectivity index (χ1v) is 5.77. The van der Waals surface area contributed by atoms with Gasteiger partial charge in [-0.15, -0.1) is 0 Å². The summed E-state index contributed by atoms with van der Waals surface area (Å²) in [6, 6.07) is 0. The van der Waals surface area contributed by atoms with Crippen molar-refractivity contribution >= 4 is 10.0 Å². The quantitative estimate of drug-likeness (QED) is 0.433. The molecule has 0 nitrogen and oxygen atoms in total. The highest BCUT2D eigenvalue weighted by Crippen LogP contribution is 2.86. The van der Waals surface area contributed by atoms with E-state index < -0.39 is 0 Å². The maximum atomic E-state index is 2.46. The average Bonchev–Trinajstić information content (AvgIpc) is 2.17. The van der Waals surface area contributed by atoms with Gasteiger partial charge < -0.3 is 0 Å². The van der Waals surface area contributed by atoms with Gasteiger partial charge in [-0.2, -0.15) is 0 Å². The predicted octanol–water partition coefficient (Wildman–Crippen LogP) is 1.45. The van der Waals surface area contributed by atoms with Crippen LogP contribution in [0.15, 0.2) is 0 Å². The fraction of sp³-hybridized carbons (Fsp3) is 1.00. The predicted molar refractivity (Wildman–Crippen MR) is 38.6 cm³/mol. The van der Waals surface area contributed by atoms with Crippen LogP contribution in [0.5, 0.6) is 0 Å². The second kappa shape index (κ2) is 0.880. The van der Waals surface area contributed by atoms with E-state index in [2.05, 4.69) is 6.92 Å². The third-order valence-electron chi connectivity index (χ3n) is 3.35. The van der Waals surface area contributed by atoms with Crippen molar-refractivity contribution in [1.29, 1.82) is 0 Å². The van der Waals surface area contributed by atoms with Gasteiger partial charge in [0.25, 0.3) is 0 Å². The Bertz CT molecular complexity index is 152. The van der Waals surface area contributed by atoms with Crippen LogP contribution in [0.1, 0.15) is 6.92 Å². The van der Waals surface area contributed by atoms with E-state index in [9.17, 15) is 0 Å². The van der Waals surface area contributed by atoms with Crippen molar-refractivity contribution in [2.75, 3.05) is 17.3 Å². The molecule has 4 rings (SSSR count). The van der Waals surface area contributed by atoms with E-state index in [1.165, 1.54) is 11.2 Å². The van der Waals surface area contributed by atoms with Crippen LogP contribution in [0.2, 0.25) is 0 Å². The van der Waals surface area contributed by atoms with E-state index in [0.29, 0.717) is 0 Å². The molecule has 0 aliphatic carbocycles. The standard InChI is InChI=1S/C7H12S/c1-5-2-8-3-6(5)7(8)4-8/h5-7H,2-4H2,1H3. The topological polar surface area (TPSA) is 0 Å². The van der Waals surface area contributed by atoms with E-state index in [1.54, 1.807) is 17.3 Å². The van der Waals surface area contributed by atoms with Gasteiger partial charge >= 0.3 is 0 Å². The number of rotatable bonds is 0. The summed E-state index contributed by atoms with van der Waals surface area (Å²) in [6.07, 6.45) is 0. The minimum Gasteiger partial charge on any atom is -0.235 e. The molecule has 0 aromatic rings. The second-order valence-corrected chi connectivity index (χ2v) is 7.62. The highest BCUT2D eigenvalue weighted by Gasteiger charge is 2.69. The molecule has 4 heterocycles. The lowest BCUT2D eigenvalue weighted by Gasteiger charge is -2.25. The van der Waals surface area contributed by atoms with Gasteiger partial charge in [0.1, 0.15) is 0 Å². The SMILES string of the molecule is CC1CS23CC1C2C3. The highest BCUT2D eigenvalue weighted by molar-refractivity contribution is 8.41. The van der Waals surface area contributed by atoms with Crippen LogP contribution in [0.3, 0.4) is 0 Å². The van der Waals surface area contributed by atoms with Crippen molar-refractivity contribution in [3.8, 4) is 0 Å². The van der Waals surface area contributed by atoms with E-state index in [1.807, 2.05) is 0 Å². The van der Waals surface area contributed by atoms with Gasteiger partial charge in [-0.25, -0.2) is 10.0 Å². The molecule has 0 N–H and O–H groups in total. The molecule has 2 bridgehead atoms. The van der Waals surface area contributed by atoms with Crippen molar-refractivity contribution in [3.05, 3.63) is 0 Å². The van der Waals surface area contributed by atoms with Crippen LogP contribution in [-0.4, -0.2) is 22.5 Å². The monoisotopic (exact) mass is 128 g/mol. The number of fused-ring (bicyclic) bond motifs is 1. The van der Waals surface area contributed by atoms with Crippen LogP contribution < -0.4 is 0 Å². The molecule has 4 fully saturated rings. The number of hydrogen-bond acceptors (Lipinski definition) is 0. The Labute approximate surface area is 52.0 Å². The first-order chi connectivity index (χ1) is 3.82. The van der Waals surface area contributed by atoms with Gasteiger partial charge in [-0.3, -0.25) is 0 Å². The summed E-state index contributed by atoms with van der Waals surface area (Å²) in [5, 5.41) is 1.32. The Morgan fingerprint density at radius 2 is 2.12 bits per heavy atom. The molecular formula is C7H12S. The molecule has 4 unspecified atom stereocenters. The maximum absolute atomic E-state index is 2.46. The first kappa shape index (κ1) is 4.21. The molecule has 4 aliphatic rings. The van der Waals surface area contributed by atoms with Gasteiger partial charge in [0.2, 0.25) is 0 Å². The van der Waals surface area contributed by atoms with Crippen LogP contribution in [-0.2, 0) is 0 Å². The molecule has 0 aromatic carbocycles. The normalized spacial score (nSPS) is 81.9. The van der Waals surface area contributed by atoms with Crippen LogP contribution in [0, 0.1) is 11.8 Å². The summed E-state index contributed by atoms with van der Waals surface area (Å²) in [5.74, 6) is 7.43. The summed E-state index contributed by atoms with van der Waals surface area (Å²) in [7, 11) is 0.215. The van der Waals surface area contributed by atoms with Gasteiger partial charge in [0.15, 0.2) is 0 Å². The Balaban J connectivity index is 2.05. The molecule has 1 heteroatoms. The molecule has 4 saturated heterocycles. The van der Waals surface area contributed by atoms with Crippen molar-refractivity contribution in [2.24, 2.45) is 11.8 Å². The summed E-state index contributed by atoms with van der Waals surface area (Å²) in [4.78, 5) is 0. The zero-order valence-corrected chi connectivity index (χ0v) is 6.08. The molecule has 0 amide bonds. The van der Waals surface area contributed by atoms with Gasteiger partial charge in [-0.05, 0) is 29.1 Å².